The summed E-state index contributed by atoms with van der Waals surface area (Å²) in [5.41, 5.74) is 0. The fourth-order valence-electron chi connectivity index (χ4n) is 1.70. The van der Waals surface area contributed by atoms with Crippen LogP contribution in [0.15, 0.2) is 32.0 Å². The standard InChI is InChI=1S/C11H11Br2NO4S/c12-7-3-4-9(8(13)5-7)19(17,18)14-10(11(15)16)6-1-2-6/h3-6,10,14H,1-2H2,(H,15,16). The molecule has 1 aliphatic rings. The van der Waals surface area contributed by atoms with Gasteiger partial charge in [0.15, 0.2) is 0 Å². The Balaban J connectivity index is 2.29. The number of carbonyl (C=O) groups is 1. The minimum Gasteiger partial charge on any atom is -0.480 e. The lowest BCUT2D eigenvalue weighted by Gasteiger charge is -2.14. The van der Waals surface area contributed by atoms with E-state index in [2.05, 4.69) is 36.6 Å². The van der Waals surface area contributed by atoms with E-state index in [9.17, 15) is 13.2 Å². The van der Waals surface area contributed by atoms with Gasteiger partial charge in [-0.15, -0.1) is 0 Å². The van der Waals surface area contributed by atoms with E-state index in [0.717, 1.165) is 17.3 Å². The van der Waals surface area contributed by atoms with E-state index in [0.29, 0.717) is 4.47 Å². The van der Waals surface area contributed by atoms with Gasteiger partial charge in [-0.25, -0.2) is 8.42 Å². The third kappa shape index (κ3) is 3.56. The van der Waals surface area contributed by atoms with Crippen molar-refractivity contribution >= 4 is 47.9 Å². The van der Waals surface area contributed by atoms with Crippen LogP contribution in [0.1, 0.15) is 12.8 Å². The third-order valence-electron chi connectivity index (χ3n) is 2.83. The third-order valence-corrected chi connectivity index (χ3v) is 5.74. The summed E-state index contributed by atoms with van der Waals surface area (Å²) in [5, 5.41) is 9.06. The van der Waals surface area contributed by atoms with E-state index in [1.165, 1.54) is 6.07 Å². The van der Waals surface area contributed by atoms with Crippen molar-refractivity contribution in [1.29, 1.82) is 0 Å². The Bertz CT molecular complexity index is 613. The fourth-order valence-corrected chi connectivity index (χ4v) is 4.71. The Morgan fingerprint density at radius 1 is 1.37 bits per heavy atom. The molecule has 8 heteroatoms. The number of sulfonamides is 1. The van der Waals surface area contributed by atoms with Crippen molar-refractivity contribution in [2.45, 2.75) is 23.8 Å². The molecule has 0 radical (unpaired) electrons. The van der Waals surface area contributed by atoms with Gasteiger partial charge < -0.3 is 5.11 Å². The second-order valence-electron chi connectivity index (χ2n) is 4.35. The zero-order chi connectivity index (χ0) is 14.2. The number of nitrogens with one attached hydrogen (secondary N) is 1. The Labute approximate surface area is 127 Å². The van der Waals surface area contributed by atoms with Crippen LogP contribution < -0.4 is 4.72 Å². The van der Waals surface area contributed by atoms with Crippen molar-refractivity contribution < 1.29 is 18.3 Å². The van der Waals surface area contributed by atoms with Crippen LogP contribution in [0, 0.1) is 5.92 Å². The average molecular weight is 413 g/mol. The Morgan fingerprint density at radius 3 is 2.47 bits per heavy atom. The molecule has 2 rings (SSSR count). The molecule has 1 aliphatic carbocycles. The highest BCUT2D eigenvalue weighted by Crippen LogP contribution is 2.34. The van der Waals surface area contributed by atoms with Crippen molar-refractivity contribution in [2.75, 3.05) is 0 Å². The van der Waals surface area contributed by atoms with Gasteiger partial charge in [0.25, 0.3) is 0 Å². The highest BCUT2D eigenvalue weighted by Gasteiger charge is 2.39. The molecular weight excluding hydrogens is 402 g/mol. The molecule has 0 amide bonds. The minimum atomic E-state index is -3.86. The number of halogens is 2. The number of carboxylic acids is 1. The summed E-state index contributed by atoms with van der Waals surface area (Å²) >= 11 is 6.40. The summed E-state index contributed by atoms with van der Waals surface area (Å²) in [5.74, 6) is -1.25. The van der Waals surface area contributed by atoms with Gasteiger partial charge >= 0.3 is 5.97 Å². The van der Waals surface area contributed by atoms with Crippen molar-refractivity contribution in [3.05, 3.63) is 27.1 Å². The monoisotopic (exact) mass is 411 g/mol. The van der Waals surface area contributed by atoms with Gasteiger partial charge in [0, 0.05) is 8.95 Å². The van der Waals surface area contributed by atoms with Gasteiger partial charge in [-0.3, -0.25) is 4.79 Å². The topological polar surface area (TPSA) is 83.5 Å². The van der Waals surface area contributed by atoms with E-state index in [4.69, 9.17) is 5.11 Å². The van der Waals surface area contributed by atoms with Crippen molar-refractivity contribution in [3.8, 4) is 0 Å². The smallest absolute Gasteiger partial charge is 0.322 e. The molecule has 0 heterocycles. The minimum absolute atomic E-state index is 0.0302. The summed E-state index contributed by atoms with van der Waals surface area (Å²) in [4.78, 5) is 11.1. The molecule has 5 nitrogen and oxygen atoms in total. The first-order valence-corrected chi connectivity index (χ1v) is 8.58. The fraction of sp³-hybridized carbons (Fsp3) is 0.364. The largest absolute Gasteiger partial charge is 0.480 e. The first kappa shape index (κ1) is 15.0. The lowest BCUT2D eigenvalue weighted by Crippen LogP contribution is -2.42. The Morgan fingerprint density at radius 2 is 2.00 bits per heavy atom. The molecule has 0 bridgehead atoms. The summed E-state index contributed by atoms with van der Waals surface area (Å²) in [7, 11) is -3.86. The summed E-state index contributed by atoms with van der Waals surface area (Å²) in [6, 6.07) is 3.55. The number of rotatable bonds is 5. The molecule has 1 unspecified atom stereocenters. The highest BCUT2D eigenvalue weighted by atomic mass is 79.9. The number of carboxylic acid groups (broad SMARTS) is 1. The lowest BCUT2D eigenvalue weighted by molar-refractivity contribution is -0.139. The van der Waals surface area contributed by atoms with Crippen LogP contribution >= 0.6 is 31.9 Å². The van der Waals surface area contributed by atoms with E-state index < -0.39 is 22.0 Å². The van der Waals surface area contributed by atoms with Crippen molar-refractivity contribution in [2.24, 2.45) is 5.92 Å². The maximum atomic E-state index is 12.2. The number of hydrogen-bond acceptors (Lipinski definition) is 3. The molecular formula is C11H11Br2NO4S. The zero-order valence-corrected chi connectivity index (χ0v) is 13.6. The molecule has 1 saturated carbocycles. The molecule has 0 spiro atoms. The summed E-state index contributed by atoms with van der Waals surface area (Å²) < 4.78 is 27.8. The molecule has 1 atom stereocenters. The maximum Gasteiger partial charge on any atom is 0.322 e. The van der Waals surface area contributed by atoms with E-state index in [1.54, 1.807) is 12.1 Å². The molecule has 104 valence electrons. The average Bonchev–Trinajstić information content (AvgIpc) is 3.08. The second-order valence-corrected chi connectivity index (χ2v) is 7.80. The van der Waals surface area contributed by atoms with Gasteiger partial charge in [-0.05, 0) is 52.9 Å². The van der Waals surface area contributed by atoms with Crippen LogP contribution in [0.25, 0.3) is 0 Å². The first-order valence-electron chi connectivity index (χ1n) is 5.51. The van der Waals surface area contributed by atoms with Crippen LogP contribution in [0.2, 0.25) is 0 Å². The summed E-state index contributed by atoms with van der Waals surface area (Å²) in [6.07, 6.45) is 1.47. The number of hydrogen-bond donors (Lipinski definition) is 2. The molecule has 0 saturated heterocycles. The highest BCUT2D eigenvalue weighted by molar-refractivity contribution is 9.11. The predicted molar refractivity (Wildman–Crippen MR) is 76.3 cm³/mol. The molecule has 1 aromatic rings. The van der Waals surface area contributed by atoms with Crippen LogP contribution in [-0.2, 0) is 14.8 Å². The molecule has 2 N–H and O–H groups in total. The van der Waals surface area contributed by atoms with E-state index in [1.807, 2.05) is 0 Å². The lowest BCUT2D eigenvalue weighted by atomic mass is 10.2. The molecule has 0 aromatic heterocycles. The molecule has 1 fully saturated rings. The number of aliphatic carboxylic acids is 1. The van der Waals surface area contributed by atoms with E-state index in [-0.39, 0.29) is 10.8 Å². The summed E-state index contributed by atoms with van der Waals surface area (Å²) in [6.45, 7) is 0. The van der Waals surface area contributed by atoms with E-state index >= 15 is 0 Å². The normalized spacial score (nSPS) is 17.2. The Hall–Kier alpha value is -0.440. The second kappa shape index (κ2) is 5.51. The molecule has 19 heavy (non-hydrogen) atoms. The molecule has 0 aliphatic heterocycles. The van der Waals surface area contributed by atoms with Gasteiger partial charge in [0.2, 0.25) is 10.0 Å². The van der Waals surface area contributed by atoms with Gasteiger partial charge in [-0.1, -0.05) is 15.9 Å². The first-order chi connectivity index (χ1) is 8.81. The Kier molecular flexibility index (Phi) is 4.34. The van der Waals surface area contributed by atoms with Crippen LogP contribution in [-0.4, -0.2) is 25.5 Å². The maximum absolute atomic E-state index is 12.2. The quantitative estimate of drug-likeness (QED) is 0.777. The predicted octanol–water partition coefficient (Wildman–Crippen LogP) is 2.35. The molecule has 1 aromatic carbocycles. The van der Waals surface area contributed by atoms with Crippen molar-refractivity contribution in [1.82, 2.24) is 4.72 Å². The van der Waals surface area contributed by atoms with Gasteiger partial charge in [0.1, 0.15) is 6.04 Å². The SMILES string of the molecule is O=C(O)C(NS(=O)(=O)c1ccc(Br)cc1Br)C1CC1. The van der Waals surface area contributed by atoms with Gasteiger partial charge in [0.05, 0.1) is 4.90 Å². The van der Waals surface area contributed by atoms with Crippen molar-refractivity contribution in [3.63, 3.8) is 0 Å². The van der Waals surface area contributed by atoms with Crippen LogP contribution in [0.3, 0.4) is 0 Å². The van der Waals surface area contributed by atoms with Crippen LogP contribution in [0.5, 0.6) is 0 Å². The van der Waals surface area contributed by atoms with Crippen LogP contribution in [0.4, 0.5) is 0 Å². The van der Waals surface area contributed by atoms with Gasteiger partial charge in [-0.2, -0.15) is 4.72 Å². The number of benzene rings is 1. The zero-order valence-electron chi connectivity index (χ0n) is 9.64.